The van der Waals surface area contributed by atoms with Crippen molar-refractivity contribution in [2.24, 2.45) is 0 Å². The molecular formula is C25H26FN. The molecule has 0 aliphatic carbocycles. The Kier molecular flexibility index (Phi) is 6.54. The summed E-state index contributed by atoms with van der Waals surface area (Å²) in [5.41, 5.74) is 4.51. The molecule has 0 fully saturated rings. The minimum Gasteiger partial charge on any atom is -0.256 e. The van der Waals surface area contributed by atoms with Gasteiger partial charge in [0.15, 0.2) is 0 Å². The molecule has 27 heavy (non-hydrogen) atoms. The molecule has 0 saturated carbocycles. The second-order valence-corrected chi connectivity index (χ2v) is 6.98. The lowest BCUT2D eigenvalue weighted by atomic mass is 10.0. The van der Waals surface area contributed by atoms with Crippen molar-refractivity contribution in [2.45, 2.75) is 38.8 Å². The first-order valence-electron chi connectivity index (χ1n) is 9.56. The van der Waals surface area contributed by atoms with E-state index >= 15 is 0 Å². The number of allylic oxidation sites excluding steroid dienone is 2. The highest BCUT2D eigenvalue weighted by Crippen LogP contribution is 2.24. The average Bonchev–Trinajstić information content (AvgIpc) is 2.68. The van der Waals surface area contributed by atoms with Crippen LogP contribution in [0.3, 0.4) is 0 Å². The summed E-state index contributed by atoms with van der Waals surface area (Å²) in [6.07, 6.45) is 10.7. The Morgan fingerprint density at radius 2 is 1.89 bits per heavy atom. The molecule has 1 atom stereocenters. The topological polar surface area (TPSA) is 12.9 Å². The van der Waals surface area contributed by atoms with Crippen molar-refractivity contribution < 1.29 is 4.39 Å². The summed E-state index contributed by atoms with van der Waals surface area (Å²) in [5, 5.41) is 2.31. The third-order valence-corrected chi connectivity index (χ3v) is 4.66. The van der Waals surface area contributed by atoms with Gasteiger partial charge < -0.3 is 0 Å². The Bertz CT molecular complexity index is 923. The maximum atomic E-state index is 12.8. The molecule has 2 aromatic carbocycles. The number of rotatable bonds is 8. The minimum absolute atomic E-state index is 0.628. The molecule has 3 aromatic rings. The van der Waals surface area contributed by atoms with Crippen LogP contribution in [0.25, 0.3) is 28.1 Å². The van der Waals surface area contributed by atoms with Crippen LogP contribution >= 0.6 is 0 Å². The number of alkyl halides is 1. The second kappa shape index (κ2) is 9.27. The van der Waals surface area contributed by atoms with Gasteiger partial charge in [-0.3, -0.25) is 4.98 Å². The van der Waals surface area contributed by atoms with E-state index in [1.54, 1.807) is 6.92 Å². The molecule has 1 unspecified atom stereocenters. The molecule has 1 nitrogen and oxygen atoms in total. The fourth-order valence-electron chi connectivity index (χ4n) is 3.14. The summed E-state index contributed by atoms with van der Waals surface area (Å²) < 4.78 is 12.8. The lowest BCUT2D eigenvalue weighted by molar-refractivity contribution is 0.335. The molecular weight excluding hydrogens is 333 g/mol. The maximum absolute atomic E-state index is 12.8. The highest BCUT2D eigenvalue weighted by Gasteiger charge is 2.02. The van der Waals surface area contributed by atoms with Crippen LogP contribution in [0.1, 0.15) is 37.3 Å². The zero-order valence-corrected chi connectivity index (χ0v) is 15.9. The Hall–Kier alpha value is -2.74. The molecule has 0 saturated heterocycles. The predicted octanol–water partition coefficient (Wildman–Crippen LogP) is 7.17. The van der Waals surface area contributed by atoms with Gasteiger partial charge in [-0.1, -0.05) is 54.6 Å². The fraction of sp³-hybridized carbons (Fsp3) is 0.240. The van der Waals surface area contributed by atoms with Gasteiger partial charge in [-0.25, -0.2) is 4.39 Å². The lowest BCUT2D eigenvalue weighted by Gasteiger charge is -2.05. The molecule has 1 heterocycles. The minimum atomic E-state index is -0.711. The fourth-order valence-corrected chi connectivity index (χ4v) is 3.14. The van der Waals surface area contributed by atoms with Crippen molar-refractivity contribution >= 4 is 16.8 Å². The highest BCUT2D eigenvalue weighted by molar-refractivity contribution is 5.87. The number of fused-ring (bicyclic) bond motifs is 1. The van der Waals surface area contributed by atoms with E-state index in [1.165, 1.54) is 10.9 Å². The lowest BCUT2D eigenvalue weighted by Crippen LogP contribution is -1.90. The van der Waals surface area contributed by atoms with Crippen molar-refractivity contribution in [2.75, 3.05) is 0 Å². The van der Waals surface area contributed by atoms with E-state index in [0.717, 1.165) is 41.5 Å². The molecule has 0 aliphatic heterocycles. The van der Waals surface area contributed by atoms with E-state index in [2.05, 4.69) is 72.2 Å². The van der Waals surface area contributed by atoms with Gasteiger partial charge in [0, 0.05) is 17.1 Å². The molecule has 0 aliphatic rings. The van der Waals surface area contributed by atoms with Crippen molar-refractivity contribution in [3.05, 3.63) is 84.6 Å². The summed E-state index contributed by atoms with van der Waals surface area (Å²) in [7, 11) is 0. The van der Waals surface area contributed by atoms with Gasteiger partial charge in [-0.15, -0.1) is 6.58 Å². The summed E-state index contributed by atoms with van der Waals surface area (Å²) in [5.74, 6) is 0. The van der Waals surface area contributed by atoms with Crippen molar-refractivity contribution in [1.29, 1.82) is 0 Å². The van der Waals surface area contributed by atoms with Crippen LogP contribution in [0, 0.1) is 0 Å². The largest absolute Gasteiger partial charge is 0.256 e. The predicted molar refractivity (Wildman–Crippen MR) is 115 cm³/mol. The summed E-state index contributed by atoms with van der Waals surface area (Å²) >= 11 is 0. The molecule has 0 radical (unpaired) electrons. The summed E-state index contributed by atoms with van der Waals surface area (Å²) in [4.78, 5) is 4.64. The van der Waals surface area contributed by atoms with Crippen LogP contribution in [-0.4, -0.2) is 11.2 Å². The zero-order valence-electron chi connectivity index (χ0n) is 15.9. The Balaban J connectivity index is 1.73. The Morgan fingerprint density at radius 3 is 2.63 bits per heavy atom. The van der Waals surface area contributed by atoms with Crippen molar-refractivity contribution in [1.82, 2.24) is 4.98 Å². The number of halogens is 1. The van der Waals surface area contributed by atoms with Gasteiger partial charge >= 0.3 is 0 Å². The third kappa shape index (κ3) is 5.37. The van der Waals surface area contributed by atoms with E-state index in [9.17, 15) is 4.39 Å². The molecule has 0 spiro atoms. The van der Waals surface area contributed by atoms with E-state index in [0.29, 0.717) is 6.42 Å². The van der Waals surface area contributed by atoms with E-state index < -0.39 is 6.17 Å². The quantitative estimate of drug-likeness (QED) is 0.307. The smallest absolute Gasteiger partial charge is 0.0973 e. The molecule has 0 bridgehead atoms. The van der Waals surface area contributed by atoms with Crippen LogP contribution in [-0.2, 0) is 6.42 Å². The first kappa shape index (κ1) is 19.0. The Labute approximate surface area is 161 Å². The molecule has 138 valence electrons. The van der Waals surface area contributed by atoms with E-state index in [-0.39, 0.29) is 0 Å². The summed E-state index contributed by atoms with van der Waals surface area (Å²) in [6.45, 7) is 5.40. The monoisotopic (exact) mass is 359 g/mol. The normalized spacial score (nSPS) is 12.5. The van der Waals surface area contributed by atoms with Gasteiger partial charge in [0.2, 0.25) is 0 Å². The second-order valence-electron chi connectivity index (χ2n) is 6.98. The highest BCUT2D eigenvalue weighted by atomic mass is 19.1. The van der Waals surface area contributed by atoms with Gasteiger partial charge in [0.1, 0.15) is 0 Å². The molecule has 2 heteroatoms. The zero-order chi connectivity index (χ0) is 19.1. The first-order valence-corrected chi connectivity index (χ1v) is 9.56. The molecule has 0 amide bonds. The van der Waals surface area contributed by atoms with Crippen LogP contribution in [0.4, 0.5) is 4.39 Å². The standard InChI is InChI=1S/C25H26FN/c1-3-7-20-10-13-22(14-11-20)25-17-23-15-12-21(16-24(23)18-27-25)9-6-4-5-8-19(2)26/h3,6,9-19H,1,4-5,7-8H2,2H3/b9-6+. The SMILES string of the molecule is C=CCc1ccc(-c2cc3ccc(/C=C/CCCC(C)F)cc3cn2)cc1. The number of hydrogen-bond acceptors (Lipinski definition) is 1. The number of benzene rings is 2. The molecule has 0 N–H and O–H groups in total. The van der Waals surface area contributed by atoms with Crippen LogP contribution in [0.15, 0.2) is 73.5 Å². The van der Waals surface area contributed by atoms with E-state index in [4.69, 9.17) is 0 Å². The van der Waals surface area contributed by atoms with Crippen LogP contribution < -0.4 is 0 Å². The van der Waals surface area contributed by atoms with Crippen molar-refractivity contribution in [3.8, 4) is 11.3 Å². The summed E-state index contributed by atoms with van der Waals surface area (Å²) in [6, 6.07) is 17.0. The first-order chi connectivity index (χ1) is 13.2. The van der Waals surface area contributed by atoms with E-state index in [1.807, 2.05) is 12.3 Å². The van der Waals surface area contributed by atoms with Crippen LogP contribution in [0.5, 0.6) is 0 Å². The molecule has 1 aromatic heterocycles. The number of aromatic nitrogens is 1. The number of unbranched alkanes of at least 4 members (excludes halogenated alkanes) is 1. The van der Waals surface area contributed by atoms with Crippen LogP contribution in [0.2, 0.25) is 0 Å². The van der Waals surface area contributed by atoms with Gasteiger partial charge in [0.05, 0.1) is 11.9 Å². The third-order valence-electron chi connectivity index (χ3n) is 4.66. The number of hydrogen-bond donors (Lipinski definition) is 0. The Morgan fingerprint density at radius 1 is 1.07 bits per heavy atom. The van der Waals surface area contributed by atoms with Crippen molar-refractivity contribution in [3.63, 3.8) is 0 Å². The average molecular weight is 359 g/mol. The van der Waals surface area contributed by atoms with Gasteiger partial charge in [0.25, 0.3) is 0 Å². The van der Waals surface area contributed by atoms with Gasteiger partial charge in [-0.2, -0.15) is 0 Å². The maximum Gasteiger partial charge on any atom is 0.0973 e. The van der Waals surface area contributed by atoms with Gasteiger partial charge in [-0.05, 0) is 61.3 Å². The molecule has 3 rings (SSSR count). The number of pyridine rings is 1. The number of nitrogens with zero attached hydrogens (tertiary/aromatic N) is 1.